The normalized spacial score (nSPS) is 16.0. The molecule has 2 N–H and O–H groups in total. The maximum Gasteiger partial charge on any atom is 0.251 e. The number of hydrogen-bond acceptors (Lipinski definition) is 6. The molecule has 1 aliphatic heterocycles. The maximum absolute atomic E-state index is 12.4. The summed E-state index contributed by atoms with van der Waals surface area (Å²) in [6.07, 6.45) is 3.68. The molecule has 1 aromatic heterocycles. The van der Waals surface area contributed by atoms with E-state index in [1.54, 1.807) is 37.6 Å². The molecule has 1 aliphatic rings. The lowest BCUT2D eigenvalue weighted by atomic mass is 10.2. The number of carbonyl (C=O) groups excluding carboxylic acids is 1. The highest BCUT2D eigenvalue weighted by atomic mass is 35.5. The number of ether oxygens (including phenoxy) is 3. The Morgan fingerprint density at radius 2 is 2.11 bits per heavy atom. The summed E-state index contributed by atoms with van der Waals surface area (Å²) in [5, 5.41) is 6.48. The molecule has 0 radical (unpaired) electrons. The van der Waals surface area contributed by atoms with Crippen molar-refractivity contribution in [1.82, 2.24) is 10.3 Å². The van der Waals surface area contributed by atoms with E-state index in [2.05, 4.69) is 15.6 Å². The minimum atomic E-state index is -0.170. The molecule has 0 spiro atoms. The van der Waals surface area contributed by atoms with Gasteiger partial charge < -0.3 is 24.8 Å². The molecular formula is C19H22ClN3O4. The second-order valence-corrected chi connectivity index (χ2v) is 6.49. The highest BCUT2D eigenvalue weighted by molar-refractivity contribution is 6.32. The monoisotopic (exact) mass is 391 g/mol. The van der Waals surface area contributed by atoms with Gasteiger partial charge in [-0.15, -0.1) is 0 Å². The van der Waals surface area contributed by atoms with Gasteiger partial charge in [-0.3, -0.25) is 4.79 Å². The SMILES string of the molecule is COc1cc(Nc2cc(C(=O)NCC3CCCO3)ccn2)c(OC)cc1Cl. The average molecular weight is 392 g/mol. The van der Waals surface area contributed by atoms with Gasteiger partial charge in [0.2, 0.25) is 0 Å². The molecule has 1 unspecified atom stereocenters. The first kappa shape index (κ1) is 19.3. The predicted octanol–water partition coefficient (Wildman–Crippen LogP) is 3.40. The molecule has 0 bridgehead atoms. The van der Waals surface area contributed by atoms with Gasteiger partial charge in [0.05, 0.1) is 31.0 Å². The Bertz CT molecular complexity index is 810. The Labute approximate surface area is 163 Å². The van der Waals surface area contributed by atoms with Gasteiger partial charge in [-0.05, 0) is 25.0 Å². The van der Waals surface area contributed by atoms with Crippen molar-refractivity contribution in [2.75, 3.05) is 32.7 Å². The number of pyridine rings is 1. The first-order chi connectivity index (χ1) is 13.1. The second kappa shape index (κ2) is 8.92. The lowest BCUT2D eigenvalue weighted by Gasteiger charge is -2.14. The number of anilines is 2. The highest BCUT2D eigenvalue weighted by Crippen LogP contribution is 2.37. The fraction of sp³-hybridized carbons (Fsp3) is 0.368. The van der Waals surface area contributed by atoms with Crippen LogP contribution in [0.5, 0.6) is 11.5 Å². The Hall–Kier alpha value is -2.51. The topological polar surface area (TPSA) is 81.7 Å². The van der Waals surface area contributed by atoms with Crippen LogP contribution in [0.3, 0.4) is 0 Å². The molecule has 27 heavy (non-hydrogen) atoms. The molecule has 144 valence electrons. The van der Waals surface area contributed by atoms with Crippen LogP contribution >= 0.6 is 11.6 Å². The summed E-state index contributed by atoms with van der Waals surface area (Å²) in [6, 6.07) is 6.70. The van der Waals surface area contributed by atoms with Gasteiger partial charge in [0.15, 0.2) is 0 Å². The lowest BCUT2D eigenvalue weighted by molar-refractivity contribution is 0.0857. The average Bonchev–Trinajstić information content (AvgIpc) is 3.21. The molecule has 2 aromatic rings. The number of aromatic nitrogens is 1. The largest absolute Gasteiger partial charge is 0.495 e. The minimum Gasteiger partial charge on any atom is -0.495 e. The van der Waals surface area contributed by atoms with Crippen LogP contribution in [-0.2, 0) is 4.74 Å². The lowest BCUT2D eigenvalue weighted by Crippen LogP contribution is -2.31. The smallest absolute Gasteiger partial charge is 0.251 e. The van der Waals surface area contributed by atoms with E-state index in [4.69, 9.17) is 25.8 Å². The third-order valence-corrected chi connectivity index (χ3v) is 4.57. The Kier molecular flexibility index (Phi) is 6.36. The van der Waals surface area contributed by atoms with Crippen LogP contribution in [0, 0.1) is 0 Å². The molecule has 7 nitrogen and oxygen atoms in total. The number of benzene rings is 1. The zero-order valence-electron chi connectivity index (χ0n) is 15.3. The van der Waals surface area contributed by atoms with Crippen molar-refractivity contribution in [3.8, 4) is 11.5 Å². The minimum absolute atomic E-state index is 0.0965. The number of methoxy groups -OCH3 is 2. The molecule has 1 fully saturated rings. The zero-order valence-corrected chi connectivity index (χ0v) is 16.0. The number of rotatable bonds is 7. The van der Waals surface area contributed by atoms with Crippen LogP contribution in [0.4, 0.5) is 11.5 Å². The summed E-state index contributed by atoms with van der Waals surface area (Å²) in [4.78, 5) is 16.7. The van der Waals surface area contributed by atoms with Crippen LogP contribution in [0.2, 0.25) is 5.02 Å². The fourth-order valence-corrected chi connectivity index (χ4v) is 3.08. The third-order valence-electron chi connectivity index (χ3n) is 4.27. The van der Waals surface area contributed by atoms with Gasteiger partial charge in [0.1, 0.15) is 17.3 Å². The summed E-state index contributed by atoms with van der Waals surface area (Å²) in [5.74, 6) is 1.38. The van der Waals surface area contributed by atoms with E-state index in [0.29, 0.717) is 40.1 Å². The number of hydrogen-bond donors (Lipinski definition) is 2. The highest BCUT2D eigenvalue weighted by Gasteiger charge is 2.17. The standard InChI is InChI=1S/C19H22ClN3O4/c1-25-16-10-15(17(26-2)9-14(16)20)23-18-8-12(5-6-21-18)19(24)22-11-13-4-3-7-27-13/h5-6,8-10,13H,3-4,7,11H2,1-2H3,(H,21,23)(H,22,24). The molecule has 1 aromatic carbocycles. The predicted molar refractivity (Wildman–Crippen MR) is 103 cm³/mol. The quantitative estimate of drug-likeness (QED) is 0.752. The van der Waals surface area contributed by atoms with E-state index in [1.807, 2.05) is 0 Å². The number of halogens is 1. The summed E-state index contributed by atoms with van der Waals surface area (Å²) in [7, 11) is 3.08. The van der Waals surface area contributed by atoms with Crippen molar-refractivity contribution < 1.29 is 19.0 Å². The molecule has 1 atom stereocenters. The van der Waals surface area contributed by atoms with Crippen LogP contribution in [0.15, 0.2) is 30.5 Å². The molecule has 0 aliphatic carbocycles. The molecule has 1 saturated heterocycles. The Balaban J connectivity index is 1.72. The van der Waals surface area contributed by atoms with Crippen molar-refractivity contribution in [1.29, 1.82) is 0 Å². The van der Waals surface area contributed by atoms with Gasteiger partial charge in [-0.25, -0.2) is 4.98 Å². The molecule has 1 amide bonds. The molecule has 3 rings (SSSR count). The van der Waals surface area contributed by atoms with Crippen LogP contribution < -0.4 is 20.1 Å². The summed E-state index contributed by atoms with van der Waals surface area (Å²) < 4.78 is 16.1. The van der Waals surface area contributed by atoms with Gasteiger partial charge in [0.25, 0.3) is 5.91 Å². The molecular weight excluding hydrogens is 370 g/mol. The summed E-state index contributed by atoms with van der Waals surface area (Å²) in [6.45, 7) is 1.27. The van der Waals surface area contributed by atoms with E-state index in [-0.39, 0.29) is 12.0 Å². The van der Waals surface area contributed by atoms with Gasteiger partial charge in [0, 0.05) is 37.0 Å². The van der Waals surface area contributed by atoms with Crippen molar-refractivity contribution in [3.63, 3.8) is 0 Å². The van der Waals surface area contributed by atoms with E-state index in [9.17, 15) is 4.79 Å². The van der Waals surface area contributed by atoms with Crippen molar-refractivity contribution in [3.05, 3.63) is 41.0 Å². The van der Waals surface area contributed by atoms with Crippen LogP contribution in [-0.4, -0.2) is 44.4 Å². The zero-order chi connectivity index (χ0) is 19.2. The van der Waals surface area contributed by atoms with Crippen LogP contribution in [0.1, 0.15) is 23.2 Å². The summed E-state index contributed by atoms with van der Waals surface area (Å²) >= 11 is 6.13. The fourth-order valence-electron chi connectivity index (χ4n) is 2.85. The maximum atomic E-state index is 12.4. The van der Waals surface area contributed by atoms with Gasteiger partial charge in [-0.2, -0.15) is 0 Å². The number of amides is 1. The Morgan fingerprint density at radius 3 is 2.81 bits per heavy atom. The van der Waals surface area contributed by atoms with Gasteiger partial charge >= 0.3 is 0 Å². The van der Waals surface area contributed by atoms with Gasteiger partial charge in [-0.1, -0.05) is 11.6 Å². The first-order valence-corrected chi connectivity index (χ1v) is 9.03. The molecule has 0 saturated carbocycles. The van der Waals surface area contributed by atoms with Crippen molar-refractivity contribution in [2.24, 2.45) is 0 Å². The Morgan fingerprint density at radius 1 is 1.30 bits per heavy atom. The number of carbonyl (C=O) groups is 1. The van der Waals surface area contributed by atoms with Crippen LogP contribution in [0.25, 0.3) is 0 Å². The van der Waals surface area contributed by atoms with Crippen molar-refractivity contribution >= 4 is 29.0 Å². The molecule has 2 heterocycles. The molecule has 8 heteroatoms. The van der Waals surface area contributed by atoms with E-state index < -0.39 is 0 Å². The van der Waals surface area contributed by atoms with E-state index in [0.717, 1.165) is 19.4 Å². The number of nitrogens with zero attached hydrogens (tertiary/aromatic N) is 1. The first-order valence-electron chi connectivity index (χ1n) is 8.65. The van der Waals surface area contributed by atoms with Crippen molar-refractivity contribution in [2.45, 2.75) is 18.9 Å². The summed E-state index contributed by atoms with van der Waals surface area (Å²) in [5.41, 5.74) is 1.13. The third kappa shape index (κ3) is 4.81. The second-order valence-electron chi connectivity index (χ2n) is 6.09. The van der Waals surface area contributed by atoms with E-state index in [1.165, 1.54) is 7.11 Å². The number of nitrogens with one attached hydrogen (secondary N) is 2. The van der Waals surface area contributed by atoms with E-state index >= 15 is 0 Å².